The van der Waals surface area contributed by atoms with Gasteiger partial charge in [0.05, 0.1) is 25.4 Å². The van der Waals surface area contributed by atoms with Crippen LogP contribution in [0.15, 0.2) is 12.2 Å². The number of nitrogens with one attached hydrogen (secondary N) is 1. The van der Waals surface area contributed by atoms with Crippen LogP contribution in [-0.2, 0) is 14.3 Å². The number of esters is 1. The molecule has 0 rings (SSSR count). The Hall–Kier alpha value is -1.40. The first-order valence-electron chi connectivity index (χ1n) is 31.4. The smallest absolute Gasteiger partial charge is 0.305 e. The SMILES string of the molecule is CCCCCCCCCCCCCCCCCCCC(O)C(CO)NC(=O)CCCCCCCCC/C=C\CCCCCCCCCCCCCOC(=O)CCCCCCCCCCCCCCC. The van der Waals surface area contributed by atoms with Gasteiger partial charge < -0.3 is 20.3 Å². The van der Waals surface area contributed by atoms with Gasteiger partial charge in [0.2, 0.25) is 5.91 Å². The van der Waals surface area contributed by atoms with Gasteiger partial charge in [-0.3, -0.25) is 9.59 Å². The number of aliphatic hydroxyl groups is 2. The summed E-state index contributed by atoms with van der Waals surface area (Å²) in [4.78, 5) is 24.5. The number of ether oxygens (including phenoxy) is 1. The Labute approximate surface area is 431 Å². The number of hydrogen-bond acceptors (Lipinski definition) is 5. The second-order valence-corrected chi connectivity index (χ2v) is 21.7. The van der Waals surface area contributed by atoms with Crippen LogP contribution in [0.5, 0.6) is 0 Å². The predicted octanol–water partition coefficient (Wildman–Crippen LogP) is 19.6. The van der Waals surface area contributed by atoms with Gasteiger partial charge in [0, 0.05) is 12.8 Å². The summed E-state index contributed by atoms with van der Waals surface area (Å²) in [5, 5.41) is 23.3. The highest BCUT2D eigenvalue weighted by Crippen LogP contribution is 2.18. The minimum atomic E-state index is -0.668. The Bertz CT molecular complexity index is 1030. The molecule has 0 fully saturated rings. The van der Waals surface area contributed by atoms with Crippen LogP contribution in [0.1, 0.15) is 354 Å². The molecule has 2 atom stereocenters. The van der Waals surface area contributed by atoms with E-state index in [1.807, 2.05) is 0 Å². The van der Waals surface area contributed by atoms with Gasteiger partial charge >= 0.3 is 5.97 Å². The summed E-state index contributed by atoms with van der Waals surface area (Å²) in [7, 11) is 0. The minimum absolute atomic E-state index is 0.0122. The molecule has 0 aliphatic carbocycles. The van der Waals surface area contributed by atoms with Gasteiger partial charge in [-0.25, -0.2) is 0 Å². The van der Waals surface area contributed by atoms with Crippen molar-refractivity contribution in [3.63, 3.8) is 0 Å². The number of carbonyl (C=O) groups is 2. The van der Waals surface area contributed by atoms with E-state index in [9.17, 15) is 19.8 Å². The van der Waals surface area contributed by atoms with E-state index >= 15 is 0 Å². The number of aliphatic hydroxyl groups excluding tert-OH is 2. The number of amides is 1. The molecule has 410 valence electrons. The maximum atomic E-state index is 12.5. The molecule has 2 unspecified atom stereocenters. The molecule has 0 heterocycles. The standard InChI is InChI=1S/C63H123NO5/c1-3-5-7-9-11-13-15-17-18-25-28-32-35-39-43-47-51-55-61(66)60(59-65)64-62(67)56-52-48-44-40-36-33-29-26-23-21-19-20-22-24-27-30-34-38-42-46-50-54-58-69-63(68)57-53-49-45-41-37-31-16-14-12-10-8-6-4-2/h21,23,60-61,65-66H,3-20,22,24-59H2,1-2H3,(H,64,67)/b23-21-. The van der Waals surface area contributed by atoms with Crippen LogP contribution >= 0.6 is 0 Å². The van der Waals surface area contributed by atoms with E-state index < -0.39 is 12.1 Å². The molecule has 69 heavy (non-hydrogen) atoms. The number of allylic oxidation sites excluding steroid dienone is 2. The zero-order valence-corrected chi connectivity index (χ0v) is 46.8. The van der Waals surface area contributed by atoms with Crippen molar-refractivity contribution in [1.82, 2.24) is 5.32 Å². The lowest BCUT2D eigenvalue weighted by Gasteiger charge is -2.22. The maximum Gasteiger partial charge on any atom is 0.305 e. The van der Waals surface area contributed by atoms with Gasteiger partial charge in [0.15, 0.2) is 0 Å². The average Bonchev–Trinajstić information content (AvgIpc) is 3.35. The van der Waals surface area contributed by atoms with E-state index in [0.717, 1.165) is 38.5 Å². The molecule has 1 amide bonds. The zero-order chi connectivity index (χ0) is 50.0. The number of unbranched alkanes of at least 4 members (excludes halogenated alkanes) is 46. The Morgan fingerprint density at radius 1 is 0.391 bits per heavy atom. The summed E-state index contributed by atoms with van der Waals surface area (Å²) in [5.74, 6) is -0.0266. The molecule has 6 nitrogen and oxygen atoms in total. The van der Waals surface area contributed by atoms with Crippen molar-refractivity contribution in [2.45, 2.75) is 366 Å². The Kier molecular flexibility index (Phi) is 58.0. The molecule has 0 aliphatic rings. The van der Waals surface area contributed by atoms with Crippen LogP contribution < -0.4 is 5.32 Å². The summed E-state index contributed by atoms with van der Waals surface area (Å²) in [5.41, 5.74) is 0. The second kappa shape index (κ2) is 59.2. The molecule has 6 heteroatoms. The van der Waals surface area contributed by atoms with E-state index in [2.05, 4.69) is 31.3 Å². The lowest BCUT2D eigenvalue weighted by atomic mass is 10.0. The molecule has 0 saturated carbocycles. The first-order valence-corrected chi connectivity index (χ1v) is 31.4. The van der Waals surface area contributed by atoms with E-state index in [1.54, 1.807) is 0 Å². The Morgan fingerprint density at radius 3 is 1.03 bits per heavy atom. The van der Waals surface area contributed by atoms with Gasteiger partial charge in [-0.05, 0) is 51.4 Å². The fourth-order valence-corrected chi connectivity index (χ4v) is 9.99. The van der Waals surface area contributed by atoms with Crippen molar-refractivity contribution >= 4 is 11.9 Å². The second-order valence-electron chi connectivity index (χ2n) is 21.7. The Morgan fingerprint density at radius 2 is 0.681 bits per heavy atom. The third-order valence-electron chi connectivity index (χ3n) is 14.8. The van der Waals surface area contributed by atoms with Crippen LogP contribution in [0.3, 0.4) is 0 Å². The molecule has 3 N–H and O–H groups in total. The van der Waals surface area contributed by atoms with Crippen molar-refractivity contribution in [2.24, 2.45) is 0 Å². The van der Waals surface area contributed by atoms with Gasteiger partial charge in [-0.15, -0.1) is 0 Å². The van der Waals surface area contributed by atoms with Crippen molar-refractivity contribution in [2.75, 3.05) is 13.2 Å². The van der Waals surface area contributed by atoms with Gasteiger partial charge in [-0.1, -0.05) is 302 Å². The van der Waals surface area contributed by atoms with E-state index in [1.165, 1.54) is 283 Å². The Balaban J connectivity index is 3.41. The average molecular weight is 975 g/mol. The maximum absolute atomic E-state index is 12.5. The molecule has 0 aliphatic heterocycles. The summed E-state index contributed by atoms with van der Waals surface area (Å²) in [6.07, 6.45) is 70.8. The third kappa shape index (κ3) is 55.8. The summed E-state index contributed by atoms with van der Waals surface area (Å²) < 4.78 is 5.48. The van der Waals surface area contributed by atoms with Crippen LogP contribution in [0.4, 0.5) is 0 Å². The monoisotopic (exact) mass is 974 g/mol. The van der Waals surface area contributed by atoms with E-state index in [4.69, 9.17) is 4.74 Å². The van der Waals surface area contributed by atoms with Crippen molar-refractivity contribution < 1.29 is 24.5 Å². The molecular weight excluding hydrogens is 851 g/mol. The molecular formula is C63H123NO5. The highest BCUT2D eigenvalue weighted by molar-refractivity contribution is 5.76. The molecule has 0 aromatic rings. The molecule has 0 spiro atoms. The first-order chi connectivity index (χ1) is 34.0. The quantitative estimate of drug-likeness (QED) is 0.0321. The summed E-state index contributed by atoms with van der Waals surface area (Å²) >= 11 is 0. The van der Waals surface area contributed by atoms with Crippen LogP contribution in [0, 0.1) is 0 Å². The molecule has 0 bridgehead atoms. The van der Waals surface area contributed by atoms with Crippen LogP contribution in [0.2, 0.25) is 0 Å². The molecule has 0 aromatic carbocycles. The number of carbonyl (C=O) groups excluding carboxylic acids is 2. The molecule has 0 saturated heterocycles. The van der Waals surface area contributed by atoms with Gasteiger partial charge in [-0.2, -0.15) is 0 Å². The van der Waals surface area contributed by atoms with Gasteiger partial charge in [0.25, 0.3) is 0 Å². The van der Waals surface area contributed by atoms with E-state index in [-0.39, 0.29) is 18.5 Å². The van der Waals surface area contributed by atoms with Crippen molar-refractivity contribution in [3.8, 4) is 0 Å². The lowest BCUT2D eigenvalue weighted by molar-refractivity contribution is -0.143. The predicted molar refractivity (Wildman–Crippen MR) is 301 cm³/mol. The number of hydrogen-bond donors (Lipinski definition) is 3. The zero-order valence-electron chi connectivity index (χ0n) is 46.8. The highest BCUT2D eigenvalue weighted by Gasteiger charge is 2.20. The third-order valence-corrected chi connectivity index (χ3v) is 14.8. The normalized spacial score (nSPS) is 12.6. The van der Waals surface area contributed by atoms with Crippen molar-refractivity contribution in [3.05, 3.63) is 12.2 Å². The van der Waals surface area contributed by atoms with Crippen LogP contribution in [-0.4, -0.2) is 47.4 Å². The lowest BCUT2D eigenvalue weighted by Crippen LogP contribution is -2.45. The minimum Gasteiger partial charge on any atom is -0.466 e. The summed E-state index contributed by atoms with van der Waals surface area (Å²) in [6.45, 7) is 4.98. The molecule has 0 radical (unpaired) electrons. The highest BCUT2D eigenvalue weighted by atomic mass is 16.5. The van der Waals surface area contributed by atoms with Gasteiger partial charge in [0.1, 0.15) is 0 Å². The first kappa shape index (κ1) is 67.6. The van der Waals surface area contributed by atoms with Crippen LogP contribution in [0.25, 0.3) is 0 Å². The van der Waals surface area contributed by atoms with Crippen molar-refractivity contribution in [1.29, 1.82) is 0 Å². The largest absolute Gasteiger partial charge is 0.466 e. The number of rotatable bonds is 59. The topological polar surface area (TPSA) is 95.9 Å². The molecule has 0 aromatic heterocycles. The summed E-state index contributed by atoms with van der Waals surface area (Å²) in [6, 6.07) is -0.546. The fraction of sp³-hybridized carbons (Fsp3) is 0.937. The van der Waals surface area contributed by atoms with E-state index in [0.29, 0.717) is 25.9 Å². The fourth-order valence-electron chi connectivity index (χ4n) is 9.99.